The van der Waals surface area contributed by atoms with Gasteiger partial charge < -0.3 is 4.74 Å². The van der Waals surface area contributed by atoms with Crippen LogP contribution in [0.5, 0.6) is 0 Å². The lowest BCUT2D eigenvalue weighted by Crippen LogP contribution is -2.04. The summed E-state index contributed by atoms with van der Waals surface area (Å²) in [4.78, 5) is 17.9. The molecule has 2 aromatic heterocycles. The molecule has 0 saturated carbocycles. The molecular formula is C15H13BrN2O2S. The van der Waals surface area contributed by atoms with E-state index in [1.54, 1.807) is 6.92 Å². The van der Waals surface area contributed by atoms with E-state index in [1.165, 1.54) is 11.3 Å². The van der Waals surface area contributed by atoms with E-state index in [0.717, 1.165) is 26.4 Å². The first-order valence-electron chi connectivity index (χ1n) is 6.52. The molecule has 1 aromatic carbocycles. The summed E-state index contributed by atoms with van der Waals surface area (Å²) in [7, 11) is 0. The fourth-order valence-electron chi connectivity index (χ4n) is 2.13. The number of imidazole rings is 1. The van der Waals surface area contributed by atoms with Gasteiger partial charge in [0.05, 0.1) is 12.3 Å². The molecule has 0 unspecified atom stereocenters. The zero-order chi connectivity index (χ0) is 15.0. The second-order valence-corrected chi connectivity index (χ2v) is 6.33. The van der Waals surface area contributed by atoms with E-state index in [9.17, 15) is 4.79 Å². The van der Waals surface area contributed by atoms with Gasteiger partial charge in [-0.05, 0) is 19.9 Å². The maximum atomic E-state index is 11.9. The molecule has 2 heterocycles. The Balaban J connectivity index is 2.07. The van der Waals surface area contributed by atoms with E-state index in [2.05, 4.69) is 20.9 Å². The van der Waals surface area contributed by atoms with Crippen molar-refractivity contribution < 1.29 is 9.53 Å². The Hall–Kier alpha value is -1.66. The average molecular weight is 365 g/mol. The Labute approximate surface area is 134 Å². The van der Waals surface area contributed by atoms with Crippen LogP contribution in [0.1, 0.15) is 22.3 Å². The van der Waals surface area contributed by atoms with Gasteiger partial charge in [0.2, 0.25) is 0 Å². The van der Waals surface area contributed by atoms with E-state index in [0.29, 0.717) is 11.5 Å². The van der Waals surface area contributed by atoms with Crippen molar-refractivity contribution in [1.29, 1.82) is 0 Å². The van der Waals surface area contributed by atoms with Crippen molar-refractivity contribution in [2.45, 2.75) is 13.8 Å². The molecule has 0 aliphatic carbocycles. The second kappa shape index (κ2) is 5.61. The van der Waals surface area contributed by atoms with Crippen LogP contribution in [-0.4, -0.2) is 22.0 Å². The molecule has 0 amide bonds. The fourth-order valence-corrected chi connectivity index (χ4v) is 3.63. The first kappa shape index (κ1) is 14.3. The van der Waals surface area contributed by atoms with E-state index in [1.807, 2.05) is 41.8 Å². The topological polar surface area (TPSA) is 43.6 Å². The van der Waals surface area contributed by atoms with Gasteiger partial charge in [0.25, 0.3) is 0 Å². The lowest BCUT2D eigenvalue weighted by Gasteiger charge is -2.00. The van der Waals surface area contributed by atoms with Crippen molar-refractivity contribution in [3.63, 3.8) is 0 Å². The number of aromatic nitrogens is 2. The summed E-state index contributed by atoms with van der Waals surface area (Å²) in [5.74, 6) is -0.284. The van der Waals surface area contributed by atoms with Crippen molar-refractivity contribution in [1.82, 2.24) is 9.38 Å². The molecule has 21 heavy (non-hydrogen) atoms. The maximum Gasteiger partial charge on any atom is 0.350 e. The number of hydrogen-bond donors (Lipinski definition) is 0. The molecular weight excluding hydrogens is 352 g/mol. The molecule has 0 radical (unpaired) electrons. The highest BCUT2D eigenvalue weighted by Crippen LogP contribution is 2.31. The smallest absolute Gasteiger partial charge is 0.350 e. The Morgan fingerprint density at radius 3 is 2.86 bits per heavy atom. The zero-order valence-electron chi connectivity index (χ0n) is 11.6. The van der Waals surface area contributed by atoms with Gasteiger partial charge >= 0.3 is 5.97 Å². The Kier molecular flexibility index (Phi) is 3.82. The molecule has 0 spiro atoms. The number of ether oxygens (including phenoxy) is 1. The quantitative estimate of drug-likeness (QED) is 0.650. The highest BCUT2D eigenvalue weighted by molar-refractivity contribution is 9.10. The lowest BCUT2D eigenvalue weighted by atomic mass is 10.2. The van der Waals surface area contributed by atoms with Gasteiger partial charge in [-0.15, -0.1) is 0 Å². The normalized spacial score (nSPS) is 11.0. The SMILES string of the molecule is CCOC(=O)c1sc2nc(-c3ccccc3Br)cn2c1C. The molecule has 0 N–H and O–H groups in total. The van der Waals surface area contributed by atoms with Gasteiger partial charge in [-0.25, -0.2) is 9.78 Å². The number of thiazole rings is 1. The highest BCUT2D eigenvalue weighted by Gasteiger charge is 2.19. The molecule has 0 bridgehead atoms. The number of fused-ring (bicyclic) bond motifs is 1. The van der Waals surface area contributed by atoms with Gasteiger partial charge in [-0.2, -0.15) is 0 Å². The minimum absolute atomic E-state index is 0.284. The largest absolute Gasteiger partial charge is 0.462 e. The summed E-state index contributed by atoms with van der Waals surface area (Å²) in [6, 6.07) is 7.94. The number of nitrogens with zero attached hydrogens (tertiary/aromatic N) is 2. The minimum Gasteiger partial charge on any atom is -0.462 e. The molecule has 3 aromatic rings. The van der Waals surface area contributed by atoms with Crippen LogP contribution in [-0.2, 0) is 4.74 Å². The molecule has 0 aliphatic rings. The number of aryl methyl sites for hydroxylation is 1. The van der Waals surface area contributed by atoms with Crippen molar-refractivity contribution in [3.8, 4) is 11.3 Å². The van der Waals surface area contributed by atoms with Crippen LogP contribution >= 0.6 is 27.3 Å². The van der Waals surface area contributed by atoms with Crippen molar-refractivity contribution in [3.05, 3.63) is 45.5 Å². The minimum atomic E-state index is -0.284. The van der Waals surface area contributed by atoms with Crippen LogP contribution in [0.15, 0.2) is 34.9 Å². The summed E-state index contributed by atoms with van der Waals surface area (Å²) < 4.78 is 8.00. The van der Waals surface area contributed by atoms with Gasteiger partial charge in [0.15, 0.2) is 4.96 Å². The lowest BCUT2D eigenvalue weighted by molar-refractivity contribution is 0.0531. The molecule has 6 heteroatoms. The van der Waals surface area contributed by atoms with Crippen LogP contribution in [0.4, 0.5) is 0 Å². The molecule has 0 fully saturated rings. The number of esters is 1. The first-order chi connectivity index (χ1) is 10.1. The molecule has 4 nitrogen and oxygen atoms in total. The predicted molar refractivity (Wildman–Crippen MR) is 86.9 cm³/mol. The van der Waals surface area contributed by atoms with E-state index in [4.69, 9.17) is 4.74 Å². The van der Waals surface area contributed by atoms with Crippen molar-refractivity contribution in [2.24, 2.45) is 0 Å². The van der Waals surface area contributed by atoms with Crippen LogP contribution in [0.2, 0.25) is 0 Å². The number of carbonyl (C=O) groups excluding carboxylic acids is 1. The monoisotopic (exact) mass is 364 g/mol. The Bertz CT molecular complexity index is 822. The van der Waals surface area contributed by atoms with Crippen LogP contribution in [0.25, 0.3) is 16.2 Å². The number of benzene rings is 1. The zero-order valence-corrected chi connectivity index (χ0v) is 14.0. The summed E-state index contributed by atoms with van der Waals surface area (Å²) in [5.41, 5.74) is 2.77. The molecule has 0 aliphatic heterocycles. The second-order valence-electron chi connectivity index (χ2n) is 4.50. The summed E-state index contributed by atoms with van der Waals surface area (Å²) in [6.45, 7) is 4.08. The van der Waals surface area contributed by atoms with Crippen molar-refractivity contribution >= 4 is 38.2 Å². The molecule has 108 valence electrons. The average Bonchev–Trinajstić information content (AvgIpc) is 3.00. The third-order valence-electron chi connectivity index (χ3n) is 3.17. The van der Waals surface area contributed by atoms with Gasteiger partial charge in [0.1, 0.15) is 4.88 Å². The van der Waals surface area contributed by atoms with Gasteiger partial charge in [-0.1, -0.05) is 45.5 Å². The molecule has 0 atom stereocenters. The number of halogens is 1. The van der Waals surface area contributed by atoms with Crippen molar-refractivity contribution in [2.75, 3.05) is 6.61 Å². The molecule has 3 rings (SSSR count). The summed E-state index contributed by atoms with van der Waals surface area (Å²) in [6.07, 6.45) is 1.95. The summed E-state index contributed by atoms with van der Waals surface area (Å²) in [5, 5.41) is 0. The van der Waals surface area contributed by atoms with E-state index >= 15 is 0 Å². The molecule has 0 saturated heterocycles. The maximum absolute atomic E-state index is 11.9. The van der Waals surface area contributed by atoms with Gasteiger partial charge in [-0.3, -0.25) is 4.40 Å². The fraction of sp³-hybridized carbons (Fsp3) is 0.200. The Morgan fingerprint density at radius 2 is 2.19 bits per heavy atom. The Morgan fingerprint density at radius 1 is 1.43 bits per heavy atom. The third-order valence-corrected chi connectivity index (χ3v) is 5.00. The highest BCUT2D eigenvalue weighted by atomic mass is 79.9. The number of hydrogen-bond acceptors (Lipinski definition) is 4. The predicted octanol–water partition coefficient (Wildman–Crippen LogP) is 4.31. The van der Waals surface area contributed by atoms with Crippen LogP contribution < -0.4 is 0 Å². The van der Waals surface area contributed by atoms with Crippen LogP contribution in [0.3, 0.4) is 0 Å². The number of carbonyl (C=O) groups is 1. The third kappa shape index (κ3) is 2.49. The van der Waals surface area contributed by atoms with E-state index in [-0.39, 0.29) is 5.97 Å². The van der Waals surface area contributed by atoms with Crippen LogP contribution in [0, 0.1) is 6.92 Å². The number of rotatable bonds is 3. The summed E-state index contributed by atoms with van der Waals surface area (Å²) >= 11 is 4.89. The van der Waals surface area contributed by atoms with Gasteiger partial charge in [0, 0.05) is 21.9 Å². The first-order valence-corrected chi connectivity index (χ1v) is 8.13. The standard InChI is InChI=1S/C15H13BrN2O2S/c1-3-20-14(19)13-9(2)18-8-12(17-15(18)21-13)10-6-4-5-7-11(10)16/h4-8H,3H2,1-2H3. The van der Waals surface area contributed by atoms with E-state index < -0.39 is 0 Å².